The van der Waals surface area contributed by atoms with Crippen LogP contribution in [0, 0.1) is 13.8 Å². The van der Waals surface area contributed by atoms with Gasteiger partial charge in [0.2, 0.25) is 0 Å². The summed E-state index contributed by atoms with van der Waals surface area (Å²) >= 11 is 0. The number of aromatic nitrogens is 2. The molecule has 0 saturated heterocycles. The van der Waals surface area contributed by atoms with Crippen molar-refractivity contribution in [2.24, 2.45) is 0 Å². The second-order valence-electron chi connectivity index (χ2n) is 24.2. The second kappa shape index (κ2) is 17.6. The van der Waals surface area contributed by atoms with E-state index in [1.807, 2.05) is 0 Å². The number of hydrogen-bond donors (Lipinski definition) is 0. The molecule has 4 heterocycles. The summed E-state index contributed by atoms with van der Waals surface area (Å²) in [6.07, 6.45) is 0. The van der Waals surface area contributed by atoms with Crippen molar-refractivity contribution in [3.63, 3.8) is 0 Å². The molecule has 0 fully saturated rings. The molecule has 11 aromatic carbocycles. The molecule has 0 atom stereocenters. The van der Waals surface area contributed by atoms with E-state index in [0.29, 0.717) is 0 Å². The molecule has 0 N–H and O–H groups in total. The molecule has 0 aliphatic carbocycles. The summed E-state index contributed by atoms with van der Waals surface area (Å²) < 4.78 is 5.19. The van der Waals surface area contributed by atoms with E-state index < -0.39 is 0 Å². The minimum atomic E-state index is -0.0569. The minimum absolute atomic E-state index is 0.0569. The molecule has 4 nitrogen and oxygen atoms in total. The third-order valence-corrected chi connectivity index (χ3v) is 17.3. The van der Waals surface area contributed by atoms with Gasteiger partial charge in [0.1, 0.15) is 0 Å². The Kier molecular flexibility index (Phi) is 10.5. The summed E-state index contributed by atoms with van der Waals surface area (Å²) in [6.45, 7) is 18.5. The number of rotatable bonds is 8. The lowest BCUT2D eigenvalue weighted by molar-refractivity contribution is 0.591. The van der Waals surface area contributed by atoms with Crippen LogP contribution in [0.1, 0.15) is 63.8 Å². The summed E-state index contributed by atoms with van der Waals surface area (Å²) in [5.41, 5.74) is 24.0. The van der Waals surface area contributed by atoms with Crippen LogP contribution < -0.4 is 9.80 Å². The number of para-hydroxylation sites is 4. The third kappa shape index (κ3) is 7.07. The normalized spacial score (nSPS) is 12.5. The average molecular weight is 1030 g/mol. The Balaban J connectivity index is 1.06. The largest absolute Gasteiger partial charge is 0.309 e. The highest BCUT2D eigenvalue weighted by Crippen LogP contribution is 2.54. The van der Waals surface area contributed by atoms with Crippen LogP contribution in [-0.4, -0.2) is 8.80 Å². The Labute approximate surface area is 467 Å². The average Bonchev–Trinajstić information content (AvgIpc) is 2.76. The van der Waals surface area contributed by atoms with Gasteiger partial charge in [-0.3, -0.25) is 0 Å². The van der Waals surface area contributed by atoms with Crippen LogP contribution in [0.15, 0.2) is 231 Å². The van der Waals surface area contributed by atoms with Crippen LogP contribution >= 0.6 is 0 Å². The molecule has 0 saturated carbocycles. The van der Waals surface area contributed by atoms with Crippen LogP contribution in [0.2, 0.25) is 0 Å². The van der Waals surface area contributed by atoms with E-state index in [-0.39, 0.29) is 10.8 Å². The molecule has 0 amide bonds. The molecular weight excluding hydrogens is 969 g/mol. The Morgan fingerprint density at radius 1 is 0.287 bits per heavy atom. The van der Waals surface area contributed by atoms with E-state index in [1.54, 1.807) is 0 Å². The molecule has 4 heteroatoms. The molecule has 15 aromatic rings. The Hall–Kier alpha value is -9.38. The fraction of sp³-hybridized carbons (Fsp3) is 0.132. The zero-order chi connectivity index (χ0) is 54.3. The van der Waals surface area contributed by atoms with Gasteiger partial charge in [0, 0.05) is 65.6 Å². The van der Waals surface area contributed by atoms with Gasteiger partial charge in [-0.2, -0.15) is 0 Å². The quantitative estimate of drug-likeness (QED) is 0.151. The summed E-state index contributed by atoms with van der Waals surface area (Å²) in [5.74, 6) is 0. The van der Waals surface area contributed by atoms with E-state index in [9.17, 15) is 0 Å². The maximum atomic E-state index is 2.60. The van der Waals surface area contributed by atoms with Crippen molar-refractivity contribution in [2.75, 3.05) is 9.80 Å². The number of nitrogens with zero attached hydrogens (tertiary/aromatic N) is 4. The van der Waals surface area contributed by atoms with Crippen LogP contribution in [0.5, 0.6) is 0 Å². The number of benzene rings is 11. The highest BCUT2D eigenvalue weighted by molar-refractivity contribution is 6.32. The maximum Gasteiger partial charge on any atom is 0.0641 e. The first-order chi connectivity index (χ1) is 38.8. The predicted octanol–water partition coefficient (Wildman–Crippen LogP) is 21.5. The summed E-state index contributed by atoms with van der Waals surface area (Å²) in [6, 6.07) is 86.4. The van der Waals surface area contributed by atoms with Crippen molar-refractivity contribution >= 4 is 110 Å². The van der Waals surface area contributed by atoms with E-state index in [1.165, 1.54) is 121 Å². The van der Waals surface area contributed by atoms with Crippen LogP contribution in [-0.2, 0) is 10.8 Å². The second-order valence-corrected chi connectivity index (χ2v) is 24.2. The van der Waals surface area contributed by atoms with Gasteiger partial charge in [-0.15, -0.1) is 0 Å². The molecule has 0 unspecified atom stereocenters. The number of aryl methyl sites for hydroxylation is 2. The minimum Gasteiger partial charge on any atom is -0.309 e. The van der Waals surface area contributed by atoms with Crippen molar-refractivity contribution in [1.82, 2.24) is 8.80 Å². The van der Waals surface area contributed by atoms with E-state index >= 15 is 0 Å². The fourth-order valence-corrected chi connectivity index (χ4v) is 13.3. The fourth-order valence-electron chi connectivity index (χ4n) is 13.3. The molecule has 15 rings (SSSR count). The van der Waals surface area contributed by atoms with Crippen LogP contribution in [0.25, 0.3) is 98.4 Å². The highest BCUT2D eigenvalue weighted by atomic mass is 15.2. The SMILES string of the molecule is Cc1ccccc1N(c1ccccc1-c1ccccc1)c1ccc2c3cc4c(cc3n3c5ccc(C(C)(C)C)cc5c1c23)c1ccc(N(c2ccccc2C)c2ccccc2-c2ccccc2)c2c3cc(C(C)(C)C)ccc3n4c12. The lowest BCUT2D eigenvalue weighted by Gasteiger charge is -2.30. The lowest BCUT2D eigenvalue weighted by atomic mass is 9.86. The number of fused-ring (bicyclic) bond motifs is 12. The topological polar surface area (TPSA) is 15.3 Å². The van der Waals surface area contributed by atoms with Crippen molar-refractivity contribution in [2.45, 2.75) is 66.2 Å². The van der Waals surface area contributed by atoms with Crippen molar-refractivity contribution in [3.05, 3.63) is 253 Å². The summed E-state index contributed by atoms with van der Waals surface area (Å²) in [7, 11) is 0. The Bertz CT molecular complexity index is 4610. The molecule has 0 aliphatic heterocycles. The van der Waals surface area contributed by atoms with Crippen molar-refractivity contribution < 1.29 is 0 Å². The Morgan fingerprint density at radius 2 is 0.650 bits per heavy atom. The van der Waals surface area contributed by atoms with Gasteiger partial charge < -0.3 is 18.6 Å². The molecule has 0 spiro atoms. The number of anilines is 6. The Morgan fingerprint density at radius 3 is 1.04 bits per heavy atom. The van der Waals surface area contributed by atoms with E-state index in [0.717, 1.165) is 34.1 Å². The van der Waals surface area contributed by atoms with Crippen LogP contribution in [0.3, 0.4) is 0 Å². The first kappa shape index (κ1) is 47.8. The first-order valence-corrected chi connectivity index (χ1v) is 28.3. The molecule has 80 heavy (non-hydrogen) atoms. The van der Waals surface area contributed by atoms with Crippen molar-refractivity contribution in [1.29, 1.82) is 0 Å². The smallest absolute Gasteiger partial charge is 0.0641 e. The van der Waals surface area contributed by atoms with E-state index in [4.69, 9.17) is 0 Å². The first-order valence-electron chi connectivity index (χ1n) is 28.3. The van der Waals surface area contributed by atoms with E-state index in [2.05, 4.69) is 305 Å². The lowest BCUT2D eigenvalue weighted by Crippen LogP contribution is -2.13. The van der Waals surface area contributed by atoms with Gasteiger partial charge in [0.25, 0.3) is 0 Å². The molecular formula is C76H62N4. The summed E-state index contributed by atoms with van der Waals surface area (Å²) in [4.78, 5) is 5.07. The summed E-state index contributed by atoms with van der Waals surface area (Å²) in [5, 5.41) is 10.0. The molecule has 4 aromatic heterocycles. The third-order valence-electron chi connectivity index (χ3n) is 17.3. The van der Waals surface area contributed by atoms with Crippen molar-refractivity contribution in [3.8, 4) is 22.3 Å². The predicted molar refractivity (Wildman–Crippen MR) is 343 cm³/mol. The number of hydrogen-bond acceptors (Lipinski definition) is 2. The van der Waals surface area contributed by atoms with Gasteiger partial charge in [-0.1, -0.05) is 199 Å². The maximum absolute atomic E-state index is 2.60. The molecule has 0 bridgehead atoms. The molecule has 0 radical (unpaired) electrons. The van der Waals surface area contributed by atoms with Crippen LogP contribution in [0.4, 0.5) is 34.1 Å². The van der Waals surface area contributed by atoms with Gasteiger partial charge in [0.05, 0.1) is 55.8 Å². The van der Waals surface area contributed by atoms with Gasteiger partial charge >= 0.3 is 0 Å². The molecule has 386 valence electrons. The highest BCUT2D eigenvalue weighted by Gasteiger charge is 2.31. The van der Waals surface area contributed by atoms with Gasteiger partial charge in [0.15, 0.2) is 0 Å². The monoisotopic (exact) mass is 1030 g/mol. The van der Waals surface area contributed by atoms with Gasteiger partial charge in [-0.05, 0) is 131 Å². The standard InChI is InChI=1S/C76H62N4/c1-47-23-15-19-31-61(47)77(63-33-21-17-29-53(63)49-25-11-9-12-26-49)67-41-37-55-57-45-70-58(46-69(57)79-65-39-35-51(75(3,4)5)43-59(65)71(67)73(55)79)56-38-42-68(72-60-44-52(76(6,7)8)36-40-66(60)80(70)74(56)72)78(62-32-20-16-24-48(62)2)64-34-22-18-30-54(64)50-27-13-10-14-28-50/h9-46H,1-8H3. The molecule has 0 aliphatic rings. The zero-order valence-corrected chi connectivity index (χ0v) is 46.7. The zero-order valence-electron chi connectivity index (χ0n) is 46.7. The van der Waals surface area contributed by atoms with Gasteiger partial charge in [-0.25, -0.2) is 0 Å².